The molecule has 0 atom stereocenters. The van der Waals surface area contributed by atoms with Crippen LogP contribution >= 0.6 is 15.9 Å². The molecular formula is C12H12BrNO3. The summed E-state index contributed by atoms with van der Waals surface area (Å²) in [6, 6.07) is 5.15. The van der Waals surface area contributed by atoms with E-state index in [0.29, 0.717) is 17.5 Å². The standard InChI is InChI=1S/C12H12BrNO3/c1-7(2)5-11(15)14-9-4-3-8(13)6-10(9)17-12(14)16/h3-4,6-7H,5H2,1-2H3. The second-order valence-corrected chi connectivity index (χ2v) is 5.22. The lowest BCUT2D eigenvalue weighted by Crippen LogP contribution is -2.23. The van der Waals surface area contributed by atoms with Gasteiger partial charge in [0.1, 0.15) is 0 Å². The molecule has 1 heterocycles. The molecule has 0 saturated heterocycles. The zero-order chi connectivity index (χ0) is 12.6. The molecule has 90 valence electrons. The molecule has 0 aliphatic carbocycles. The van der Waals surface area contributed by atoms with Gasteiger partial charge < -0.3 is 4.42 Å². The Kier molecular flexibility index (Phi) is 3.19. The maximum atomic E-state index is 11.9. The summed E-state index contributed by atoms with van der Waals surface area (Å²) >= 11 is 3.29. The Morgan fingerprint density at radius 1 is 1.47 bits per heavy atom. The number of hydrogen-bond donors (Lipinski definition) is 0. The second kappa shape index (κ2) is 4.49. The Morgan fingerprint density at radius 3 is 2.82 bits per heavy atom. The quantitative estimate of drug-likeness (QED) is 0.856. The van der Waals surface area contributed by atoms with Gasteiger partial charge >= 0.3 is 5.76 Å². The normalized spacial score (nSPS) is 11.3. The van der Waals surface area contributed by atoms with Crippen LogP contribution in [0.1, 0.15) is 25.1 Å². The van der Waals surface area contributed by atoms with Crippen molar-refractivity contribution in [3.8, 4) is 0 Å². The van der Waals surface area contributed by atoms with Crippen LogP contribution in [0.15, 0.2) is 31.9 Å². The van der Waals surface area contributed by atoms with Crippen molar-refractivity contribution in [1.82, 2.24) is 4.57 Å². The molecule has 1 aromatic heterocycles. The van der Waals surface area contributed by atoms with Crippen LogP contribution in [0.5, 0.6) is 0 Å². The molecule has 2 aromatic rings. The summed E-state index contributed by atoms with van der Waals surface area (Å²) in [6.07, 6.45) is 0.324. The van der Waals surface area contributed by atoms with E-state index < -0.39 is 5.76 Å². The average Bonchev–Trinajstić information content (AvgIpc) is 2.51. The average molecular weight is 298 g/mol. The highest BCUT2D eigenvalue weighted by Gasteiger charge is 2.16. The first-order valence-corrected chi connectivity index (χ1v) is 6.12. The second-order valence-electron chi connectivity index (χ2n) is 4.31. The fraction of sp³-hybridized carbons (Fsp3) is 0.333. The fourth-order valence-corrected chi connectivity index (χ4v) is 2.01. The Hall–Kier alpha value is -1.36. The molecule has 0 unspecified atom stereocenters. The van der Waals surface area contributed by atoms with Gasteiger partial charge in [-0.3, -0.25) is 4.79 Å². The Balaban J connectivity index is 2.57. The van der Waals surface area contributed by atoms with Gasteiger partial charge in [0.05, 0.1) is 5.52 Å². The number of oxazole rings is 1. The number of carbonyl (C=O) groups excluding carboxylic acids is 1. The molecule has 2 rings (SSSR count). The summed E-state index contributed by atoms with van der Waals surface area (Å²) in [6.45, 7) is 3.86. The number of carbonyl (C=O) groups is 1. The molecule has 0 saturated carbocycles. The van der Waals surface area contributed by atoms with Crippen molar-refractivity contribution in [2.75, 3.05) is 0 Å². The highest BCUT2D eigenvalue weighted by molar-refractivity contribution is 9.10. The lowest BCUT2D eigenvalue weighted by Gasteiger charge is -2.03. The van der Waals surface area contributed by atoms with Gasteiger partial charge in [0.25, 0.3) is 0 Å². The molecule has 0 fully saturated rings. The van der Waals surface area contributed by atoms with Crippen molar-refractivity contribution < 1.29 is 9.21 Å². The molecule has 1 aromatic carbocycles. The minimum Gasteiger partial charge on any atom is -0.407 e. The summed E-state index contributed by atoms with van der Waals surface area (Å²) in [5.74, 6) is -0.648. The van der Waals surface area contributed by atoms with E-state index in [-0.39, 0.29) is 11.8 Å². The van der Waals surface area contributed by atoms with Crippen LogP contribution in [0, 0.1) is 5.92 Å². The smallest absolute Gasteiger partial charge is 0.407 e. The highest BCUT2D eigenvalue weighted by atomic mass is 79.9. The van der Waals surface area contributed by atoms with Gasteiger partial charge in [0.2, 0.25) is 5.91 Å². The molecule has 17 heavy (non-hydrogen) atoms. The zero-order valence-electron chi connectivity index (χ0n) is 9.57. The first-order valence-electron chi connectivity index (χ1n) is 5.33. The maximum absolute atomic E-state index is 11.9. The van der Waals surface area contributed by atoms with Gasteiger partial charge in [-0.05, 0) is 24.1 Å². The van der Waals surface area contributed by atoms with Crippen molar-refractivity contribution in [3.05, 3.63) is 33.2 Å². The van der Waals surface area contributed by atoms with Crippen LogP contribution in [-0.2, 0) is 0 Å². The summed E-state index contributed by atoms with van der Waals surface area (Å²) < 4.78 is 6.95. The van der Waals surface area contributed by atoms with Gasteiger partial charge in [0, 0.05) is 10.9 Å². The SMILES string of the molecule is CC(C)CC(=O)n1c(=O)oc2cc(Br)ccc21. The number of fused-ring (bicyclic) bond motifs is 1. The van der Waals surface area contributed by atoms with E-state index >= 15 is 0 Å². The number of hydrogen-bond acceptors (Lipinski definition) is 3. The van der Waals surface area contributed by atoms with Crippen molar-refractivity contribution in [3.63, 3.8) is 0 Å². The minimum atomic E-state index is -0.622. The number of halogens is 1. The number of rotatable bonds is 2. The molecule has 5 heteroatoms. The minimum absolute atomic E-state index is 0.204. The first kappa shape index (κ1) is 12.1. The fourth-order valence-electron chi connectivity index (χ4n) is 1.67. The number of nitrogens with zero attached hydrogens (tertiary/aromatic N) is 1. The third-order valence-corrected chi connectivity index (χ3v) is 2.87. The van der Waals surface area contributed by atoms with E-state index in [2.05, 4.69) is 15.9 Å². The monoisotopic (exact) mass is 297 g/mol. The number of aromatic nitrogens is 1. The summed E-state index contributed by atoms with van der Waals surface area (Å²) in [5.41, 5.74) is 0.935. The summed E-state index contributed by atoms with van der Waals surface area (Å²) in [7, 11) is 0. The molecule has 4 nitrogen and oxygen atoms in total. The third kappa shape index (κ3) is 2.34. The van der Waals surface area contributed by atoms with Crippen molar-refractivity contribution in [2.24, 2.45) is 5.92 Å². The summed E-state index contributed by atoms with van der Waals surface area (Å²) in [5, 5.41) is 0. The van der Waals surface area contributed by atoms with E-state index in [1.54, 1.807) is 18.2 Å². The van der Waals surface area contributed by atoms with Crippen LogP contribution < -0.4 is 5.76 Å². The van der Waals surface area contributed by atoms with E-state index in [1.165, 1.54) is 0 Å². The van der Waals surface area contributed by atoms with Crippen LogP contribution in [0.4, 0.5) is 0 Å². The predicted octanol–water partition coefficient (Wildman–Crippen LogP) is 3.04. The van der Waals surface area contributed by atoms with Crippen molar-refractivity contribution in [2.45, 2.75) is 20.3 Å². The molecule has 0 aliphatic heterocycles. The van der Waals surface area contributed by atoms with E-state index in [1.807, 2.05) is 13.8 Å². The van der Waals surface area contributed by atoms with Crippen molar-refractivity contribution in [1.29, 1.82) is 0 Å². The first-order chi connectivity index (χ1) is 7.99. The molecule has 0 bridgehead atoms. The van der Waals surface area contributed by atoms with Gasteiger partial charge in [-0.1, -0.05) is 29.8 Å². The van der Waals surface area contributed by atoms with E-state index in [9.17, 15) is 9.59 Å². The van der Waals surface area contributed by atoms with Gasteiger partial charge in [-0.25, -0.2) is 9.36 Å². The summed E-state index contributed by atoms with van der Waals surface area (Å²) in [4.78, 5) is 23.6. The molecular weight excluding hydrogens is 286 g/mol. The zero-order valence-corrected chi connectivity index (χ0v) is 11.2. The Labute approximate surface area is 106 Å². The topological polar surface area (TPSA) is 52.2 Å². The largest absolute Gasteiger partial charge is 0.426 e. The lowest BCUT2D eigenvalue weighted by molar-refractivity contribution is 0.0883. The van der Waals surface area contributed by atoms with Gasteiger partial charge in [-0.15, -0.1) is 0 Å². The van der Waals surface area contributed by atoms with Crippen LogP contribution in [0.25, 0.3) is 11.1 Å². The van der Waals surface area contributed by atoms with Gasteiger partial charge in [-0.2, -0.15) is 0 Å². The van der Waals surface area contributed by atoms with Crippen molar-refractivity contribution >= 4 is 32.9 Å². The Bertz CT molecular complexity index is 624. The molecule has 0 spiro atoms. The molecule has 0 amide bonds. The van der Waals surface area contributed by atoms with Crippen LogP contribution in [0.2, 0.25) is 0 Å². The number of benzene rings is 1. The Morgan fingerprint density at radius 2 is 2.18 bits per heavy atom. The van der Waals surface area contributed by atoms with E-state index in [0.717, 1.165) is 9.04 Å². The van der Waals surface area contributed by atoms with Crippen LogP contribution in [-0.4, -0.2) is 10.5 Å². The predicted molar refractivity (Wildman–Crippen MR) is 68.3 cm³/mol. The molecule has 0 N–H and O–H groups in total. The lowest BCUT2D eigenvalue weighted by atomic mass is 10.1. The van der Waals surface area contributed by atoms with Gasteiger partial charge in [0.15, 0.2) is 5.58 Å². The molecule has 0 aliphatic rings. The van der Waals surface area contributed by atoms with Crippen LogP contribution in [0.3, 0.4) is 0 Å². The van der Waals surface area contributed by atoms with E-state index in [4.69, 9.17) is 4.42 Å². The highest BCUT2D eigenvalue weighted by Crippen LogP contribution is 2.19. The maximum Gasteiger partial charge on any atom is 0.426 e. The third-order valence-electron chi connectivity index (χ3n) is 2.37. The molecule has 0 radical (unpaired) electrons.